The second-order valence-corrected chi connectivity index (χ2v) is 4.46. The molecule has 0 fully saturated rings. The fraction of sp³-hybridized carbons (Fsp3) is 0.357. The monoisotopic (exact) mass is 230 g/mol. The van der Waals surface area contributed by atoms with Gasteiger partial charge in [-0.05, 0) is 38.0 Å². The second-order valence-electron chi connectivity index (χ2n) is 4.46. The van der Waals surface area contributed by atoms with Crippen molar-refractivity contribution in [1.29, 1.82) is 0 Å². The van der Waals surface area contributed by atoms with Crippen LogP contribution in [0.25, 0.3) is 10.9 Å². The first kappa shape index (κ1) is 11.9. The molecule has 0 aliphatic rings. The van der Waals surface area contributed by atoms with Crippen molar-refractivity contribution in [2.24, 2.45) is 5.73 Å². The lowest BCUT2D eigenvalue weighted by Gasteiger charge is -2.12. The maximum absolute atomic E-state index is 5.88. The zero-order valence-corrected chi connectivity index (χ0v) is 10.5. The molecule has 0 aliphatic heterocycles. The topological polar surface area (TPSA) is 48.1 Å². The number of hydrogen-bond donors (Lipinski definition) is 1. The number of rotatable bonds is 3. The number of benzene rings is 1. The Kier molecular flexibility index (Phi) is 3.29. The molecule has 17 heavy (non-hydrogen) atoms. The lowest BCUT2D eigenvalue weighted by atomic mass is 10.0. The highest BCUT2D eigenvalue weighted by Gasteiger charge is 2.09. The molecule has 1 aromatic carbocycles. The Labute approximate surface area is 102 Å². The van der Waals surface area contributed by atoms with Crippen LogP contribution in [-0.2, 0) is 6.42 Å². The average Bonchev–Trinajstić information content (AvgIpc) is 2.27. The molecule has 2 aromatic rings. The van der Waals surface area contributed by atoms with Crippen molar-refractivity contribution in [3.05, 3.63) is 35.5 Å². The van der Waals surface area contributed by atoms with E-state index in [2.05, 4.69) is 17.1 Å². The second kappa shape index (κ2) is 4.72. The standard InChI is InChI=1S/C14H18N2O/c1-9(15)7-11-8-10(2)16-14-12(11)5-4-6-13(14)17-3/h4-6,8-9H,7,15H2,1-3H3. The first-order chi connectivity index (χ1) is 8.11. The number of aryl methyl sites for hydroxylation is 1. The molecule has 0 aliphatic carbocycles. The quantitative estimate of drug-likeness (QED) is 0.881. The summed E-state index contributed by atoms with van der Waals surface area (Å²) in [6.07, 6.45) is 0.854. The summed E-state index contributed by atoms with van der Waals surface area (Å²) in [5.41, 5.74) is 9.04. The predicted octanol–water partition coefficient (Wildman–Crippen LogP) is 2.44. The van der Waals surface area contributed by atoms with Gasteiger partial charge < -0.3 is 10.5 Å². The number of para-hydroxylation sites is 1. The van der Waals surface area contributed by atoms with Crippen molar-refractivity contribution in [3.8, 4) is 5.75 Å². The van der Waals surface area contributed by atoms with Crippen LogP contribution in [0.4, 0.5) is 0 Å². The molecule has 0 bridgehead atoms. The summed E-state index contributed by atoms with van der Waals surface area (Å²) >= 11 is 0. The SMILES string of the molecule is COc1cccc2c(CC(C)N)cc(C)nc12. The molecule has 1 unspecified atom stereocenters. The maximum Gasteiger partial charge on any atom is 0.145 e. The number of ether oxygens (including phenoxy) is 1. The van der Waals surface area contributed by atoms with Gasteiger partial charge in [-0.2, -0.15) is 0 Å². The van der Waals surface area contributed by atoms with Crippen LogP contribution in [0, 0.1) is 6.92 Å². The number of nitrogens with two attached hydrogens (primary N) is 1. The lowest BCUT2D eigenvalue weighted by Crippen LogP contribution is -2.18. The lowest BCUT2D eigenvalue weighted by molar-refractivity contribution is 0.419. The summed E-state index contributed by atoms with van der Waals surface area (Å²) in [4.78, 5) is 4.55. The molecule has 0 amide bonds. The molecule has 1 aromatic heterocycles. The maximum atomic E-state index is 5.88. The van der Waals surface area contributed by atoms with Crippen LogP contribution in [0.1, 0.15) is 18.2 Å². The number of pyridine rings is 1. The summed E-state index contributed by atoms with van der Waals surface area (Å²) in [5, 5.41) is 1.13. The number of methoxy groups -OCH3 is 1. The Morgan fingerprint density at radius 1 is 1.41 bits per heavy atom. The van der Waals surface area contributed by atoms with Crippen LogP contribution in [0.15, 0.2) is 24.3 Å². The Morgan fingerprint density at radius 3 is 2.82 bits per heavy atom. The minimum Gasteiger partial charge on any atom is -0.494 e. The Hall–Kier alpha value is -1.61. The van der Waals surface area contributed by atoms with E-state index in [4.69, 9.17) is 10.5 Å². The van der Waals surface area contributed by atoms with Crippen molar-refractivity contribution >= 4 is 10.9 Å². The van der Waals surface area contributed by atoms with Crippen LogP contribution in [0.5, 0.6) is 5.75 Å². The van der Waals surface area contributed by atoms with Gasteiger partial charge in [0.15, 0.2) is 0 Å². The fourth-order valence-electron chi connectivity index (χ4n) is 2.12. The normalized spacial score (nSPS) is 12.7. The number of hydrogen-bond acceptors (Lipinski definition) is 3. The first-order valence-electron chi connectivity index (χ1n) is 5.80. The minimum absolute atomic E-state index is 0.145. The minimum atomic E-state index is 0.145. The number of aromatic nitrogens is 1. The van der Waals surface area contributed by atoms with E-state index in [0.717, 1.165) is 28.8 Å². The fourth-order valence-corrected chi connectivity index (χ4v) is 2.12. The van der Waals surface area contributed by atoms with Crippen molar-refractivity contribution in [2.75, 3.05) is 7.11 Å². The van der Waals surface area contributed by atoms with Gasteiger partial charge in [-0.25, -0.2) is 4.98 Å². The number of fused-ring (bicyclic) bond motifs is 1. The zero-order valence-electron chi connectivity index (χ0n) is 10.5. The number of nitrogens with zero attached hydrogens (tertiary/aromatic N) is 1. The molecule has 3 heteroatoms. The van der Waals surface area contributed by atoms with Gasteiger partial charge in [0.25, 0.3) is 0 Å². The first-order valence-corrected chi connectivity index (χ1v) is 5.80. The molecule has 90 valence electrons. The van der Waals surface area contributed by atoms with Gasteiger partial charge in [-0.1, -0.05) is 12.1 Å². The molecular formula is C14H18N2O. The molecule has 3 nitrogen and oxygen atoms in total. The van der Waals surface area contributed by atoms with E-state index in [-0.39, 0.29) is 6.04 Å². The molecule has 2 rings (SSSR count). The molecule has 1 atom stereocenters. The van der Waals surface area contributed by atoms with Gasteiger partial charge in [0, 0.05) is 17.1 Å². The van der Waals surface area contributed by atoms with Gasteiger partial charge in [0.1, 0.15) is 11.3 Å². The van der Waals surface area contributed by atoms with Gasteiger partial charge >= 0.3 is 0 Å². The molecule has 0 radical (unpaired) electrons. The van der Waals surface area contributed by atoms with E-state index < -0.39 is 0 Å². The van der Waals surface area contributed by atoms with Crippen molar-refractivity contribution in [1.82, 2.24) is 4.98 Å². The Balaban J connectivity index is 2.67. The highest BCUT2D eigenvalue weighted by molar-refractivity contribution is 5.87. The van der Waals surface area contributed by atoms with E-state index in [1.165, 1.54) is 5.56 Å². The smallest absolute Gasteiger partial charge is 0.145 e. The summed E-state index contributed by atoms with van der Waals surface area (Å²) < 4.78 is 5.35. The van der Waals surface area contributed by atoms with E-state index in [9.17, 15) is 0 Å². The highest BCUT2D eigenvalue weighted by atomic mass is 16.5. The molecule has 1 heterocycles. The van der Waals surface area contributed by atoms with E-state index in [1.807, 2.05) is 26.0 Å². The van der Waals surface area contributed by atoms with Gasteiger partial charge in [0.05, 0.1) is 7.11 Å². The van der Waals surface area contributed by atoms with E-state index >= 15 is 0 Å². The average molecular weight is 230 g/mol. The van der Waals surface area contributed by atoms with Crippen molar-refractivity contribution < 1.29 is 4.74 Å². The largest absolute Gasteiger partial charge is 0.494 e. The van der Waals surface area contributed by atoms with E-state index in [1.54, 1.807) is 7.11 Å². The third kappa shape index (κ3) is 2.39. The predicted molar refractivity (Wildman–Crippen MR) is 70.4 cm³/mol. The van der Waals surface area contributed by atoms with Gasteiger partial charge in [-0.3, -0.25) is 0 Å². The Bertz CT molecular complexity index is 535. The highest BCUT2D eigenvalue weighted by Crippen LogP contribution is 2.27. The Morgan fingerprint density at radius 2 is 2.18 bits per heavy atom. The summed E-state index contributed by atoms with van der Waals surface area (Å²) in [5.74, 6) is 0.817. The van der Waals surface area contributed by atoms with E-state index in [0.29, 0.717) is 0 Å². The van der Waals surface area contributed by atoms with Gasteiger partial charge in [0.2, 0.25) is 0 Å². The van der Waals surface area contributed by atoms with Crippen LogP contribution < -0.4 is 10.5 Å². The third-order valence-corrected chi connectivity index (χ3v) is 2.78. The van der Waals surface area contributed by atoms with Crippen LogP contribution in [0.3, 0.4) is 0 Å². The molecule has 2 N–H and O–H groups in total. The molecule has 0 saturated heterocycles. The van der Waals surface area contributed by atoms with Crippen LogP contribution in [0.2, 0.25) is 0 Å². The molecule has 0 saturated carbocycles. The summed E-state index contributed by atoms with van der Waals surface area (Å²) in [6, 6.07) is 8.24. The summed E-state index contributed by atoms with van der Waals surface area (Å²) in [7, 11) is 1.67. The third-order valence-electron chi connectivity index (χ3n) is 2.78. The zero-order chi connectivity index (χ0) is 12.4. The molecule has 0 spiro atoms. The summed E-state index contributed by atoms with van der Waals surface area (Å²) in [6.45, 7) is 4.01. The van der Waals surface area contributed by atoms with Crippen molar-refractivity contribution in [2.45, 2.75) is 26.3 Å². The van der Waals surface area contributed by atoms with Crippen LogP contribution >= 0.6 is 0 Å². The van der Waals surface area contributed by atoms with Crippen molar-refractivity contribution in [3.63, 3.8) is 0 Å². The van der Waals surface area contributed by atoms with Crippen LogP contribution in [-0.4, -0.2) is 18.1 Å². The molecular weight excluding hydrogens is 212 g/mol. The van der Waals surface area contributed by atoms with Gasteiger partial charge in [-0.15, -0.1) is 0 Å².